The van der Waals surface area contributed by atoms with Gasteiger partial charge in [-0.15, -0.1) is 0 Å². The lowest BCUT2D eigenvalue weighted by Gasteiger charge is -2.36. The number of ether oxygens (including phenoxy) is 1. The van der Waals surface area contributed by atoms with Crippen LogP contribution in [0.5, 0.6) is 11.5 Å². The predicted octanol–water partition coefficient (Wildman–Crippen LogP) is 4.28. The van der Waals surface area contributed by atoms with Crippen LogP contribution in [0.3, 0.4) is 0 Å². The van der Waals surface area contributed by atoms with E-state index in [0.29, 0.717) is 39.1 Å². The molecule has 3 aromatic carbocycles. The van der Waals surface area contributed by atoms with Gasteiger partial charge in [0.2, 0.25) is 0 Å². The number of hydrogen-bond acceptors (Lipinski definition) is 6. The molecule has 1 heterocycles. The highest BCUT2D eigenvalue weighted by molar-refractivity contribution is 6.93. The zero-order chi connectivity index (χ0) is 24.6. The molecule has 0 aromatic heterocycles. The number of fused-ring (bicyclic) bond motifs is 1. The van der Waals surface area contributed by atoms with E-state index in [0.717, 1.165) is 27.4 Å². The summed E-state index contributed by atoms with van der Waals surface area (Å²) in [6.45, 7) is 8.42. The third-order valence-electron chi connectivity index (χ3n) is 5.79. The Labute approximate surface area is 210 Å². The van der Waals surface area contributed by atoms with Crippen molar-refractivity contribution in [2.24, 2.45) is 0 Å². The second-order valence-electron chi connectivity index (χ2n) is 8.09. The molecule has 186 valence electrons. The third kappa shape index (κ3) is 5.86. The Morgan fingerprint density at radius 3 is 1.89 bits per heavy atom. The molecule has 4 rings (SSSR count). The highest BCUT2D eigenvalue weighted by Gasteiger charge is 2.47. The van der Waals surface area contributed by atoms with Crippen molar-refractivity contribution in [1.82, 2.24) is 0 Å². The highest BCUT2D eigenvalue weighted by Crippen LogP contribution is 2.32. The summed E-state index contributed by atoms with van der Waals surface area (Å²) in [6.07, 6.45) is 0. The molecule has 0 bridgehead atoms. The molecule has 0 fully saturated rings. The normalized spacial score (nSPS) is 14.7. The lowest BCUT2D eigenvalue weighted by molar-refractivity contribution is 0.0675. The fourth-order valence-electron chi connectivity index (χ4n) is 4.28. The number of rotatable bonds is 12. The van der Waals surface area contributed by atoms with Gasteiger partial charge in [-0.2, -0.15) is 0 Å². The van der Waals surface area contributed by atoms with Gasteiger partial charge in [0.05, 0.1) is 19.3 Å². The second-order valence-corrected chi connectivity index (χ2v) is 13.7. The van der Waals surface area contributed by atoms with E-state index in [4.69, 9.17) is 26.9 Å². The third-order valence-corrected chi connectivity index (χ3v) is 12.0. The summed E-state index contributed by atoms with van der Waals surface area (Å²) in [5.74, 6) is 1.60. The van der Waals surface area contributed by atoms with E-state index in [1.807, 2.05) is 75.4 Å². The van der Waals surface area contributed by atoms with Gasteiger partial charge in [0, 0.05) is 35.8 Å². The molecule has 3 aromatic rings. The quantitative estimate of drug-likeness (QED) is 0.339. The van der Waals surface area contributed by atoms with Crippen LogP contribution in [0.1, 0.15) is 26.3 Å². The minimum atomic E-state index is -2.87. The van der Waals surface area contributed by atoms with Crippen molar-refractivity contribution in [3.05, 3.63) is 84.4 Å². The Hall–Kier alpha value is -2.47. The molecule has 0 spiro atoms. The zero-order valence-electron chi connectivity index (χ0n) is 20.7. The Morgan fingerprint density at radius 2 is 1.34 bits per heavy atom. The summed E-state index contributed by atoms with van der Waals surface area (Å²) in [6, 6.07) is 27.0. The van der Waals surface area contributed by atoms with Crippen LogP contribution in [-0.2, 0) is 24.3 Å². The lowest BCUT2D eigenvalue weighted by atomic mass is 10.2. The molecule has 0 N–H and O–H groups in total. The first-order chi connectivity index (χ1) is 17.1. The molecule has 0 aliphatic carbocycles. The maximum atomic E-state index is 6.71. The zero-order valence-corrected chi connectivity index (χ0v) is 22.7. The van der Waals surface area contributed by atoms with Gasteiger partial charge in [-0.3, -0.25) is 0 Å². The summed E-state index contributed by atoms with van der Waals surface area (Å²) in [7, 11) is -5.61. The van der Waals surface area contributed by atoms with Gasteiger partial charge in [0.15, 0.2) is 0 Å². The molecule has 0 radical (unpaired) electrons. The number of benzene rings is 3. The average Bonchev–Trinajstić information content (AvgIpc) is 2.90. The van der Waals surface area contributed by atoms with Crippen molar-refractivity contribution in [3.8, 4) is 11.5 Å². The van der Waals surface area contributed by atoms with Gasteiger partial charge >= 0.3 is 17.4 Å². The van der Waals surface area contributed by atoms with Crippen LogP contribution in [0, 0.1) is 0 Å². The van der Waals surface area contributed by atoms with Crippen molar-refractivity contribution >= 4 is 27.7 Å². The molecule has 0 atom stereocenters. The minimum absolute atomic E-state index is 0.444. The predicted molar refractivity (Wildman–Crippen MR) is 141 cm³/mol. The van der Waals surface area contributed by atoms with E-state index in [2.05, 4.69) is 24.3 Å². The van der Waals surface area contributed by atoms with Crippen molar-refractivity contribution in [3.63, 3.8) is 0 Å². The first-order valence-corrected chi connectivity index (χ1v) is 16.0. The maximum absolute atomic E-state index is 6.71. The van der Waals surface area contributed by atoms with Gasteiger partial charge in [-0.1, -0.05) is 60.7 Å². The van der Waals surface area contributed by atoms with E-state index in [9.17, 15) is 0 Å². The lowest BCUT2D eigenvalue weighted by Crippen LogP contribution is -2.66. The molecule has 8 heteroatoms. The fraction of sp³-hybridized carbons (Fsp3) is 0.333. The van der Waals surface area contributed by atoms with Crippen molar-refractivity contribution in [2.75, 3.05) is 26.4 Å². The minimum Gasteiger partial charge on any atom is -0.514 e. The monoisotopic (exact) mass is 510 g/mol. The summed E-state index contributed by atoms with van der Waals surface area (Å²) < 4.78 is 37.1. The largest absolute Gasteiger partial charge is 0.514 e. The molecular formula is C27H34O6Si2. The van der Waals surface area contributed by atoms with Gasteiger partial charge in [0.25, 0.3) is 0 Å². The Bertz CT molecular complexity index is 1010. The molecule has 0 unspecified atom stereocenters. The summed E-state index contributed by atoms with van der Waals surface area (Å²) in [5.41, 5.74) is 0.973. The van der Waals surface area contributed by atoms with Crippen LogP contribution in [0.15, 0.2) is 78.9 Å². The SMILES string of the molecule is CCO[Si](CCOc1ccc2c(c1)CO[Si](c1ccccc1)(c1ccccc1)O2)(OCC)OCC. The molecular weight excluding hydrogens is 476 g/mol. The van der Waals surface area contributed by atoms with Crippen molar-refractivity contribution < 1.29 is 26.9 Å². The van der Waals surface area contributed by atoms with Crippen LogP contribution < -0.4 is 19.5 Å². The van der Waals surface area contributed by atoms with E-state index in [-0.39, 0.29) is 0 Å². The summed E-state index contributed by atoms with van der Waals surface area (Å²) in [5, 5.41) is 2.17. The molecule has 1 aliphatic heterocycles. The van der Waals surface area contributed by atoms with Gasteiger partial charge < -0.3 is 26.9 Å². The standard InChI is InChI=1S/C27H34O6Si2/c1-4-29-34(30-5-2,31-6-3)20-19-28-24-17-18-27-23(21-24)22-32-35(33-27,25-13-9-7-10-14-25)26-15-11-8-12-16-26/h7-18,21H,4-6,19-20,22H2,1-3H3. The van der Waals surface area contributed by atoms with Crippen LogP contribution in [-0.4, -0.2) is 43.8 Å². The fourth-order valence-corrected chi connectivity index (χ4v) is 9.73. The molecule has 1 aliphatic rings. The van der Waals surface area contributed by atoms with Gasteiger partial charge in [-0.05, 0) is 39.0 Å². The maximum Gasteiger partial charge on any atom is 0.504 e. The number of hydrogen-bond donors (Lipinski definition) is 0. The van der Waals surface area contributed by atoms with Crippen LogP contribution >= 0.6 is 0 Å². The van der Waals surface area contributed by atoms with E-state index >= 15 is 0 Å². The van der Waals surface area contributed by atoms with E-state index in [1.165, 1.54) is 0 Å². The Kier molecular flexibility index (Phi) is 8.77. The smallest absolute Gasteiger partial charge is 0.504 e. The van der Waals surface area contributed by atoms with Crippen LogP contribution in [0.2, 0.25) is 6.04 Å². The molecule has 35 heavy (non-hydrogen) atoms. The van der Waals surface area contributed by atoms with Crippen LogP contribution in [0.4, 0.5) is 0 Å². The molecule has 0 amide bonds. The first kappa shape index (κ1) is 25.6. The van der Waals surface area contributed by atoms with Crippen molar-refractivity contribution in [2.45, 2.75) is 33.4 Å². The molecule has 6 nitrogen and oxygen atoms in total. The summed E-state index contributed by atoms with van der Waals surface area (Å²) in [4.78, 5) is 0. The Balaban J connectivity index is 1.51. The Morgan fingerprint density at radius 1 is 0.771 bits per heavy atom. The van der Waals surface area contributed by atoms with E-state index in [1.54, 1.807) is 0 Å². The van der Waals surface area contributed by atoms with Gasteiger partial charge in [-0.25, -0.2) is 0 Å². The van der Waals surface area contributed by atoms with Gasteiger partial charge in [0.1, 0.15) is 11.5 Å². The molecule has 0 saturated heterocycles. The van der Waals surface area contributed by atoms with E-state index < -0.39 is 17.4 Å². The van der Waals surface area contributed by atoms with Crippen LogP contribution in [0.25, 0.3) is 0 Å². The summed E-state index contributed by atoms with van der Waals surface area (Å²) >= 11 is 0. The second kappa shape index (κ2) is 12.0. The topological polar surface area (TPSA) is 55.4 Å². The molecule has 0 saturated carbocycles. The first-order valence-electron chi connectivity index (χ1n) is 12.3. The van der Waals surface area contributed by atoms with Crippen molar-refractivity contribution in [1.29, 1.82) is 0 Å². The average molecular weight is 511 g/mol. The highest BCUT2D eigenvalue weighted by atomic mass is 28.4.